The summed E-state index contributed by atoms with van der Waals surface area (Å²) in [5.74, 6) is 0.0971. The molecule has 0 fully saturated rings. The quantitative estimate of drug-likeness (QED) is 0.475. The molecule has 3 heteroatoms. The van der Waals surface area contributed by atoms with Crippen molar-refractivity contribution in [2.75, 3.05) is 4.43 Å². The molecule has 0 saturated heterocycles. The summed E-state index contributed by atoms with van der Waals surface area (Å²) in [5.41, 5.74) is 2.69. The largest absolute Gasteiger partial charge is 0.344 e. The molecule has 0 aliphatic carbocycles. The van der Waals surface area contributed by atoms with E-state index in [9.17, 15) is 4.79 Å². The SMILES string of the molecule is Cc1ccc(C(=O)c2cccn2CCI)cc1. The highest BCUT2D eigenvalue weighted by atomic mass is 127. The van der Waals surface area contributed by atoms with Crippen LogP contribution < -0.4 is 0 Å². The minimum atomic E-state index is 0.0971. The van der Waals surface area contributed by atoms with Gasteiger partial charge in [0.25, 0.3) is 0 Å². The lowest BCUT2D eigenvalue weighted by molar-refractivity contribution is 0.103. The summed E-state index contributed by atoms with van der Waals surface area (Å²) in [7, 11) is 0. The predicted molar refractivity (Wildman–Crippen MR) is 77.9 cm³/mol. The second kappa shape index (κ2) is 5.49. The van der Waals surface area contributed by atoms with Gasteiger partial charge in [-0.1, -0.05) is 52.4 Å². The number of halogens is 1. The van der Waals surface area contributed by atoms with Crippen molar-refractivity contribution in [3.8, 4) is 0 Å². The van der Waals surface area contributed by atoms with E-state index in [0.717, 1.165) is 22.2 Å². The van der Waals surface area contributed by atoms with Crippen LogP contribution in [0.1, 0.15) is 21.6 Å². The molecule has 1 aromatic heterocycles. The van der Waals surface area contributed by atoms with E-state index in [2.05, 4.69) is 22.6 Å². The molecule has 2 nitrogen and oxygen atoms in total. The zero-order valence-corrected chi connectivity index (χ0v) is 11.8. The van der Waals surface area contributed by atoms with Crippen LogP contribution in [0.25, 0.3) is 0 Å². The maximum atomic E-state index is 12.3. The highest BCUT2D eigenvalue weighted by molar-refractivity contribution is 14.1. The van der Waals surface area contributed by atoms with E-state index >= 15 is 0 Å². The van der Waals surface area contributed by atoms with Gasteiger partial charge in [-0.3, -0.25) is 4.79 Å². The third-order valence-electron chi connectivity index (χ3n) is 2.70. The molecule has 0 unspecified atom stereocenters. The Morgan fingerprint density at radius 3 is 2.59 bits per heavy atom. The number of rotatable bonds is 4. The first kappa shape index (κ1) is 12.4. The van der Waals surface area contributed by atoms with E-state index in [1.54, 1.807) is 0 Å². The lowest BCUT2D eigenvalue weighted by Gasteiger charge is -2.06. The topological polar surface area (TPSA) is 22.0 Å². The number of carbonyl (C=O) groups excluding carboxylic acids is 1. The number of ketones is 1. The third-order valence-corrected chi connectivity index (χ3v) is 3.18. The minimum absolute atomic E-state index is 0.0971. The highest BCUT2D eigenvalue weighted by Crippen LogP contribution is 2.12. The first-order chi connectivity index (χ1) is 8.22. The van der Waals surface area contributed by atoms with Gasteiger partial charge in [-0.05, 0) is 19.1 Å². The van der Waals surface area contributed by atoms with Crippen molar-refractivity contribution >= 4 is 28.4 Å². The fourth-order valence-electron chi connectivity index (χ4n) is 1.76. The van der Waals surface area contributed by atoms with Crippen molar-refractivity contribution in [2.45, 2.75) is 13.5 Å². The van der Waals surface area contributed by atoms with Crippen LogP contribution in [0.4, 0.5) is 0 Å². The average molecular weight is 339 g/mol. The molecule has 0 N–H and O–H groups in total. The van der Waals surface area contributed by atoms with Gasteiger partial charge in [0, 0.05) is 22.7 Å². The standard InChI is InChI=1S/C14H14INO/c1-11-4-6-12(7-5-11)14(17)13-3-2-9-16(13)10-8-15/h2-7,9H,8,10H2,1H3. The molecule has 1 aromatic carbocycles. The van der Waals surface area contributed by atoms with E-state index < -0.39 is 0 Å². The van der Waals surface area contributed by atoms with Gasteiger partial charge in [-0.15, -0.1) is 0 Å². The Kier molecular flexibility index (Phi) is 3.99. The molecule has 0 aliphatic heterocycles. The van der Waals surface area contributed by atoms with E-state index in [-0.39, 0.29) is 5.78 Å². The minimum Gasteiger partial charge on any atom is -0.344 e. The number of aryl methyl sites for hydroxylation is 2. The summed E-state index contributed by atoms with van der Waals surface area (Å²) in [4.78, 5) is 12.3. The maximum Gasteiger partial charge on any atom is 0.209 e. The van der Waals surface area contributed by atoms with Crippen molar-refractivity contribution in [1.82, 2.24) is 4.57 Å². The summed E-state index contributed by atoms with van der Waals surface area (Å²) in [6.07, 6.45) is 1.96. The molecule has 0 bridgehead atoms. The molecule has 1 heterocycles. The van der Waals surface area contributed by atoms with Crippen molar-refractivity contribution in [1.29, 1.82) is 0 Å². The third kappa shape index (κ3) is 2.77. The molecule has 2 aromatic rings. The Morgan fingerprint density at radius 1 is 1.24 bits per heavy atom. The van der Waals surface area contributed by atoms with E-state index in [1.165, 1.54) is 5.56 Å². The lowest BCUT2D eigenvalue weighted by Crippen LogP contribution is -2.10. The van der Waals surface area contributed by atoms with Crippen molar-refractivity contribution in [3.05, 3.63) is 59.4 Å². The molecule has 0 aliphatic rings. The van der Waals surface area contributed by atoms with Gasteiger partial charge >= 0.3 is 0 Å². The number of carbonyl (C=O) groups is 1. The second-order valence-electron chi connectivity index (χ2n) is 3.97. The Labute approximate surface area is 115 Å². The number of aromatic nitrogens is 1. The van der Waals surface area contributed by atoms with Gasteiger partial charge in [0.15, 0.2) is 0 Å². The monoisotopic (exact) mass is 339 g/mol. The van der Waals surface area contributed by atoms with Gasteiger partial charge < -0.3 is 4.57 Å². The fraction of sp³-hybridized carbons (Fsp3) is 0.214. The highest BCUT2D eigenvalue weighted by Gasteiger charge is 2.12. The molecule has 0 saturated carbocycles. The molecule has 17 heavy (non-hydrogen) atoms. The van der Waals surface area contributed by atoms with E-state index in [4.69, 9.17) is 0 Å². The van der Waals surface area contributed by atoms with Crippen LogP contribution in [0, 0.1) is 6.92 Å². The van der Waals surface area contributed by atoms with Crippen molar-refractivity contribution < 1.29 is 4.79 Å². The van der Waals surface area contributed by atoms with E-state index in [1.807, 2.05) is 54.1 Å². The van der Waals surface area contributed by atoms with Gasteiger partial charge in [0.05, 0.1) is 5.69 Å². The number of hydrogen-bond acceptors (Lipinski definition) is 1. The Balaban J connectivity index is 2.30. The van der Waals surface area contributed by atoms with Crippen LogP contribution in [-0.2, 0) is 6.54 Å². The molecule has 88 valence electrons. The summed E-state index contributed by atoms with van der Waals surface area (Å²) < 4.78 is 3.01. The van der Waals surface area contributed by atoms with Crippen LogP contribution in [0.3, 0.4) is 0 Å². The Morgan fingerprint density at radius 2 is 1.94 bits per heavy atom. The van der Waals surface area contributed by atoms with E-state index in [0.29, 0.717) is 0 Å². The normalized spacial score (nSPS) is 10.5. The molecule has 0 amide bonds. The van der Waals surface area contributed by atoms with Crippen LogP contribution >= 0.6 is 22.6 Å². The average Bonchev–Trinajstić information content (AvgIpc) is 2.78. The fourth-order valence-corrected chi connectivity index (χ4v) is 2.28. The van der Waals surface area contributed by atoms with Crippen LogP contribution in [-0.4, -0.2) is 14.8 Å². The van der Waals surface area contributed by atoms with Gasteiger partial charge in [-0.25, -0.2) is 0 Å². The number of alkyl halides is 1. The summed E-state index contributed by atoms with van der Waals surface area (Å²) in [6.45, 7) is 2.90. The zero-order chi connectivity index (χ0) is 12.3. The van der Waals surface area contributed by atoms with Crippen LogP contribution in [0.5, 0.6) is 0 Å². The Hall–Kier alpha value is -1.10. The molecular formula is C14H14INO. The molecule has 0 atom stereocenters. The predicted octanol–water partition coefficient (Wildman–Crippen LogP) is 3.46. The van der Waals surface area contributed by atoms with Crippen molar-refractivity contribution in [2.24, 2.45) is 0 Å². The van der Waals surface area contributed by atoms with Gasteiger partial charge in [-0.2, -0.15) is 0 Å². The van der Waals surface area contributed by atoms with Crippen LogP contribution in [0.15, 0.2) is 42.6 Å². The first-order valence-corrected chi connectivity index (χ1v) is 7.07. The number of nitrogens with zero attached hydrogens (tertiary/aromatic N) is 1. The van der Waals surface area contributed by atoms with Crippen molar-refractivity contribution in [3.63, 3.8) is 0 Å². The molecule has 2 rings (SSSR count). The number of benzene rings is 1. The molecule has 0 spiro atoms. The second-order valence-corrected chi connectivity index (χ2v) is 5.05. The maximum absolute atomic E-state index is 12.3. The Bertz CT molecular complexity index is 513. The van der Waals surface area contributed by atoms with Gasteiger partial charge in [0.2, 0.25) is 5.78 Å². The summed E-state index contributed by atoms with van der Waals surface area (Å²) in [6, 6.07) is 11.5. The number of hydrogen-bond donors (Lipinski definition) is 0. The summed E-state index contributed by atoms with van der Waals surface area (Å²) in [5, 5.41) is 0. The first-order valence-electron chi connectivity index (χ1n) is 5.55. The lowest BCUT2D eigenvalue weighted by atomic mass is 10.1. The van der Waals surface area contributed by atoms with Gasteiger partial charge in [0.1, 0.15) is 0 Å². The smallest absolute Gasteiger partial charge is 0.209 e. The summed E-state index contributed by atoms with van der Waals surface area (Å²) >= 11 is 2.32. The molecule has 0 radical (unpaired) electrons. The van der Waals surface area contributed by atoms with Crippen LogP contribution in [0.2, 0.25) is 0 Å². The molecular weight excluding hydrogens is 325 g/mol. The zero-order valence-electron chi connectivity index (χ0n) is 9.69.